The maximum atomic E-state index is 10.8. The molecule has 0 aromatic rings. The van der Waals surface area contributed by atoms with Crippen LogP contribution in [0.3, 0.4) is 0 Å². The lowest BCUT2D eigenvalue weighted by Gasteiger charge is -2.68. The molecular weight excluding hydrogens is 533 g/mol. The zero-order valence-corrected chi connectivity index (χ0v) is 25.2. The van der Waals surface area contributed by atoms with Gasteiger partial charge in [0, 0.05) is 14.4 Å². The van der Waals surface area contributed by atoms with Crippen molar-refractivity contribution in [1.29, 1.82) is 0 Å². The molecule has 0 amide bonds. The standard InChI is InChI=1S/C30H52INO2/c1-20(2)28(7,34)13-8-9-21(3)23-10-11-24-26(23,5)16-18-30(31)27(6)17-15-25(4,33)19-22(27)12-14-29(24,30)32/h12,20-21,23-24,33-34H,8-11,13-19,32H2,1-7H3/t21-,23?,24-,25+,26-,27+,28?,29?,30+/m1/s1. The van der Waals surface area contributed by atoms with Crippen molar-refractivity contribution in [2.24, 2.45) is 40.2 Å². The minimum atomic E-state index is -0.565. The molecule has 0 saturated heterocycles. The van der Waals surface area contributed by atoms with E-state index >= 15 is 0 Å². The van der Waals surface area contributed by atoms with Crippen LogP contribution in [0.5, 0.6) is 0 Å². The fraction of sp³-hybridized carbons (Fsp3) is 0.933. The Labute approximate surface area is 223 Å². The molecule has 0 bridgehead atoms. The second-order valence-corrected chi connectivity index (χ2v) is 16.2. The summed E-state index contributed by atoms with van der Waals surface area (Å²) in [6.45, 7) is 15.8. The molecule has 4 N–H and O–H groups in total. The van der Waals surface area contributed by atoms with Gasteiger partial charge in [0.1, 0.15) is 0 Å². The molecule has 0 aliphatic heterocycles. The first-order valence-corrected chi connectivity index (χ1v) is 15.2. The normalized spacial score (nSPS) is 49.0. The molecule has 0 spiro atoms. The topological polar surface area (TPSA) is 66.5 Å². The van der Waals surface area contributed by atoms with Gasteiger partial charge in [-0.1, -0.05) is 81.7 Å². The molecule has 3 nitrogen and oxygen atoms in total. The van der Waals surface area contributed by atoms with Crippen molar-refractivity contribution in [1.82, 2.24) is 0 Å². The van der Waals surface area contributed by atoms with Gasteiger partial charge >= 0.3 is 0 Å². The van der Waals surface area contributed by atoms with Crippen LogP contribution in [0, 0.1) is 34.5 Å². The van der Waals surface area contributed by atoms with Gasteiger partial charge in [-0.15, -0.1) is 0 Å². The third kappa shape index (κ3) is 3.98. The summed E-state index contributed by atoms with van der Waals surface area (Å²) in [7, 11) is 0. The SMILES string of the molecule is CC(C)C(C)(O)CCC[C@@H](C)C1CC[C@H]2C3(N)CC=C4C[C@@](C)(O)CC[C@]4(C)[C@@]3(I)CC[C@]12C. The third-order valence-corrected chi connectivity index (χ3v) is 14.8. The molecule has 34 heavy (non-hydrogen) atoms. The fourth-order valence-corrected chi connectivity index (χ4v) is 10.6. The molecule has 4 aliphatic rings. The summed E-state index contributed by atoms with van der Waals surface area (Å²) >= 11 is 2.82. The van der Waals surface area contributed by atoms with Gasteiger partial charge in [0.15, 0.2) is 0 Å². The van der Waals surface area contributed by atoms with Crippen LogP contribution in [0.2, 0.25) is 0 Å². The minimum absolute atomic E-state index is 0.0661. The third-order valence-electron chi connectivity index (χ3n) is 12.1. The summed E-state index contributed by atoms with van der Waals surface area (Å²) in [5.74, 6) is 2.28. The summed E-state index contributed by atoms with van der Waals surface area (Å²) in [4.78, 5) is 0. The highest BCUT2D eigenvalue weighted by molar-refractivity contribution is 14.1. The zero-order valence-electron chi connectivity index (χ0n) is 23.0. The van der Waals surface area contributed by atoms with Crippen LogP contribution in [0.4, 0.5) is 0 Å². The zero-order chi connectivity index (χ0) is 25.4. The average Bonchev–Trinajstić information content (AvgIpc) is 3.09. The molecule has 3 saturated carbocycles. The summed E-state index contributed by atoms with van der Waals surface area (Å²) in [5.41, 5.74) is 8.22. The van der Waals surface area contributed by atoms with E-state index in [1.165, 1.54) is 37.7 Å². The lowest BCUT2D eigenvalue weighted by molar-refractivity contribution is -0.0612. The molecule has 0 aromatic heterocycles. The molecule has 0 radical (unpaired) electrons. The van der Waals surface area contributed by atoms with E-state index in [2.05, 4.69) is 63.3 Å². The Bertz CT molecular complexity index is 821. The van der Waals surface area contributed by atoms with Crippen molar-refractivity contribution in [3.05, 3.63) is 11.6 Å². The van der Waals surface area contributed by atoms with Gasteiger partial charge in [0.2, 0.25) is 0 Å². The molecule has 3 fully saturated rings. The number of hydrogen-bond donors (Lipinski definition) is 3. The van der Waals surface area contributed by atoms with Gasteiger partial charge < -0.3 is 15.9 Å². The van der Waals surface area contributed by atoms with Crippen molar-refractivity contribution in [3.63, 3.8) is 0 Å². The van der Waals surface area contributed by atoms with Crippen molar-refractivity contribution >= 4 is 22.6 Å². The second kappa shape index (κ2) is 8.70. The van der Waals surface area contributed by atoms with Crippen molar-refractivity contribution in [3.8, 4) is 0 Å². The first kappa shape index (κ1) is 27.4. The van der Waals surface area contributed by atoms with Gasteiger partial charge in [-0.05, 0) is 101 Å². The van der Waals surface area contributed by atoms with Crippen LogP contribution in [0.1, 0.15) is 119 Å². The highest BCUT2D eigenvalue weighted by Crippen LogP contribution is 2.72. The second-order valence-electron chi connectivity index (χ2n) is 14.4. The number of nitrogens with two attached hydrogens (primary N) is 1. The summed E-state index contributed by atoms with van der Waals surface area (Å²) in [5, 5.41) is 21.5. The Balaban J connectivity index is 1.54. The average molecular weight is 586 g/mol. The Morgan fingerprint density at radius 3 is 2.44 bits per heavy atom. The fourth-order valence-electron chi connectivity index (χ4n) is 9.14. The van der Waals surface area contributed by atoms with Gasteiger partial charge in [-0.3, -0.25) is 0 Å². The lowest BCUT2D eigenvalue weighted by Crippen LogP contribution is -2.74. The van der Waals surface area contributed by atoms with Crippen LogP contribution in [-0.2, 0) is 0 Å². The summed E-state index contributed by atoms with van der Waals surface area (Å²) in [6.07, 6.45) is 14.4. The van der Waals surface area contributed by atoms with Crippen molar-refractivity contribution in [2.75, 3.05) is 0 Å². The Kier molecular flexibility index (Phi) is 7.01. The van der Waals surface area contributed by atoms with E-state index in [0.717, 1.165) is 44.4 Å². The first-order chi connectivity index (χ1) is 15.5. The van der Waals surface area contributed by atoms with Gasteiger partial charge in [0.25, 0.3) is 0 Å². The largest absolute Gasteiger partial charge is 0.390 e. The van der Waals surface area contributed by atoms with Crippen molar-refractivity contribution < 1.29 is 10.2 Å². The lowest BCUT2D eigenvalue weighted by atomic mass is 9.43. The Morgan fingerprint density at radius 1 is 1.12 bits per heavy atom. The van der Waals surface area contributed by atoms with E-state index < -0.39 is 11.2 Å². The number of alkyl halides is 1. The summed E-state index contributed by atoms with van der Waals surface area (Å²) < 4.78 is 0.0661. The Morgan fingerprint density at radius 2 is 1.79 bits per heavy atom. The molecular formula is C30H52INO2. The van der Waals surface area contributed by atoms with Crippen LogP contribution < -0.4 is 5.73 Å². The number of hydrogen-bond acceptors (Lipinski definition) is 3. The molecule has 4 heteroatoms. The quantitative estimate of drug-likeness (QED) is 0.176. The molecule has 196 valence electrons. The first-order valence-electron chi connectivity index (χ1n) is 14.1. The van der Waals surface area contributed by atoms with Gasteiger partial charge in [-0.2, -0.15) is 0 Å². The maximum Gasteiger partial charge on any atom is 0.0657 e. The maximum absolute atomic E-state index is 10.8. The van der Waals surface area contributed by atoms with E-state index in [-0.39, 0.29) is 14.4 Å². The Hall–Kier alpha value is 0.350. The van der Waals surface area contributed by atoms with Crippen LogP contribution in [0.15, 0.2) is 11.6 Å². The smallest absolute Gasteiger partial charge is 0.0657 e. The van der Waals surface area contributed by atoms with E-state index in [0.29, 0.717) is 23.2 Å². The number of halogens is 1. The van der Waals surface area contributed by atoms with Crippen molar-refractivity contribution in [2.45, 2.75) is 139 Å². The predicted octanol–water partition coefficient (Wildman–Crippen LogP) is 7.17. The highest BCUT2D eigenvalue weighted by Gasteiger charge is 2.71. The molecule has 4 rings (SSSR count). The highest BCUT2D eigenvalue weighted by atomic mass is 127. The molecule has 3 unspecified atom stereocenters. The van der Waals surface area contributed by atoms with E-state index in [4.69, 9.17) is 5.73 Å². The van der Waals surface area contributed by atoms with E-state index in [1.807, 2.05) is 13.8 Å². The van der Waals surface area contributed by atoms with Gasteiger partial charge in [-0.25, -0.2) is 0 Å². The number of fused-ring (bicyclic) bond motifs is 5. The molecule has 0 heterocycles. The summed E-state index contributed by atoms with van der Waals surface area (Å²) in [6, 6.07) is 0. The number of aliphatic hydroxyl groups is 2. The van der Waals surface area contributed by atoms with Crippen LogP contribution >= 0.6 is 22.6 Å². The molecule has 9 atom stereocenters. The predicted molar refractivity (Wildman–Crippen MR) is 151 cm³/mol. The van der Waals surface area contributed by atoms with E-state index in [9.17, 15) is 10.2 Å². The van der Waals surface area contributed by atoms with E-state index in [1.54, 1.807) is 0 Å². The van der Waals surface area contributed by atoms with Gasteiger partial charge in [0.05, 0.1) is 11.2 Å². The number of rotatable bonds is 6. The van der Waals surface area contributed by atoms with Crippen LogP contribution in [0.25, 0.3) is 0 Å². The molecule has 4 aliphatic carbocycles. The van der Waals surface area contributed by atoms with Crippen LogP contribution in [-0.4, -0.2) is 30.4 Å². The molecule has 0 aromatic carbocycles. The monoisotopic (exact) mass is 585 g/mol. The minimum Gasteiger partial charge on any atom is -0.390 e.